The highest BCUT2D eigenvalue weighted by Gasteiger charge is 2.71. The van der Waals surface area contributed by atoms with Crippen molar-refractivity contribution in [1.82, 2.24) is 0 Å². The zero-order valence-electron chi connectivity index (χ0n) is 30.1. The molecule has 4 aliphatic carbocycles. The Labute approximate surface area is 284 Å². The van der Waals surface area contributed by atoms with E-state index in [2.05, 4.69) is 39.8 Å². The maximum atomic E-state index is 13.7. The van der Waals surface area contributed by atoms with Crippen molar-refractivity contribution in [1.29, 1.82) is 0 Å². The number of carbonyl (C=O) groups excluding carboxylic acids is 4. The van der Waals surface area contributed by atoms with Crippen molar-refractivity contribution in [2.45, 2.75) is 131 Å². The average Bonchev–Trinajstić information content (AvgIpc) is 3.46. The van der Waals surface area contributed by atoms with Gasteiger partial charge in [-0.15, -0.1) is 0 Å². The largest absolute Gasteiger partial charge is 0.459 e. The van der Waals surface area contributed by atoms with Gasteiger partial charge in [0.1, 0.15) is 12.2 Å². The molecule has 0 aromatic heterocycles. The molecule has 0 bridgehead atoms. The van der Waals surface area contributed by atoms with Gasteiger partial charge in [0.05, 0.1) is 0 Å². The van der Waals surface area contributed by atoms with Crippen molar-refractivity contribution < 1.29 is 38.1 Å². The minimum absolute atomic E-state index is 0.0292. The van der Waals surface area contributed by atoms with Crippen molar-refractivity contribution in [3.05, 3.63) is 68.9 Å². The summed E-state index contributed by atoms with van der Waals surface area (Å²) >= 11 is 0. The third-order valence-corrected chi connectivity index (χ3v) is 13.3. The van der Waals surface area contributed by atoms with Gasteiger partial charge in [0, 0.05) is 34.1 Å². The predicted molar refractivity (Wildman–Crippen MR) is 180 cm³/mol. The molecule has 2 heterocycles. The van der Waals surface area contributed by atoms with Crippen LogP contribution in [0.1, 0.15) is 108 Å². The van der Waals surface area contributed by atoms with Crippen LogP contribution in [0.4, 0.5) is 0 Å². The van der Waals surface area contributed by atoms with Crippen LogP contribution in [0.5, 0.6) is 0 Å². The van der Waals surface area contributed by atoms with Crippen molar-refractivity contribution in [2.75, 3.05) is 0 Å². The lowest BCUT2D eigenvalue weighted by atomic mass is 9.50. The SMILES string of the molecule is C/C=C(/C)C(=O)O[C@H]1CCC2=C[C@@]3([C@@]45C=C6CC[C@H](OC(=O)/C(C)=C\C)[C@H](C)[C@@]6(C)CC4=C(C)C(=O)O5)OC(=O)C(C)=C3C[C@]2(C)[C@H]1C. The van der Waals surface area contributed by atoms with E-state index in [0.717, 1.165) is 22.3 Å². The molecule has 2 aliphatic heterocycles. The van der Waals surface area contributed by atoms with E-state index in [4.69, 9.17) is 18.9 Å². The highest BCUT2D eigenvalue weighted by Crippen LogP contribution is 2.66. The smallest absolute Gasteiger partial charge is 0.335 e. The summed E-state index contributed by atoms with van der Waals surface area (Å²) in [5.74, 6) is -1.49. The van der Waals surface area contributed by atoms with Crippen molar-refractivity contribution >= 4 is 23.9 Å². The first-order chi connectivity index (χ1) is 22.5. The minimum Gasteiger partial charge on any atom is -0.459 e. The molecule has 6 rings (SSSR count). The van der Waals surface area contributed by atoms with Crippen LogP contribution in [0.15, 0.2) is 68.9 Å². The quantitative estimate of drug-likeness (QED) is 0.129. The summed E-state index contributed by atoms with van der Waals surface area (Å²) < 4.78 is 25.1. The number of allylic oxidation sites excluding steroid dienone is 4. The minimum atomic E-state index is -1.32. The predicted octanol–water partition coefficient (Wildman–Crippen LogP) is 7.50. The number of hydrogen-bond acceptors (Lipinski definition) is 8. The van der Waals surface area contributed by atoms with Gasteiger partial charge in [0.2, 0.25) is 0 Å². The maximum absolute atomic E-state index is 13.7. The number of hydrogen-bond donors (Lipinski definition) is 0. The molecule has 0 amide bonds. The highest BCUT2D eigenvalue weighted by molar-refractivity contribution is 5.97. The Hall–Kier alpha value is -3.68. The summed E-state index contributed by atoms with van der Waals surface area (Å²) in [5, 5.41) is 0. The van der Waals surface area contributed by atoms with E-state index >= 15 is 0 Å². The summed E-state index contributed by atoms with van der Waals surface area (Å²) in [7, 11) is 0. The molecule has 0 aromatic carbocycles. The van der Waals surface area contributed by atoms with Gasteiger partial charge in [-0.3, -0.25) is 0 Å². The van der Waals surface area contributed by atoms with E-state index in [1.807, 2.05) is 13.8 Å². The normalized spacial score (nSPS) is 39.4. The van der Waals surface area contributed by atoms with Crippen LogP contribution >= 0.6 is 0 Å². The van der Waals surface area contributed by atoms with Crippen LogP contribution in [-0.2, 0) is 38.1 Å². The molecule has 0 N–H and O–H groups in total. The zero-order valence-corrected chi connectivity index (χ0v) is 30.1. The van der Waals surface area contributed by atoms with E-state index in [0.29, 0.717) is 60.8 Å². The molecule has 0 unspecified atom stereocenters. The van der Waals surface area contributed by atoms with Gasteiger partial charge in [0.25, 0.3) is 0 Å². The lowest BCUT2D eigenvalue weighted by Gasteiger charge is -2.57. The molecule has 0 saturated heterocycles. The Kier molecular flexibility index (Phi) is 8.16. The molecule has 48 heavy (non-hydrogen) atoms. The molecule has 0 aromatic rings. The first kappa shape index (κ1) is 34.2. The van der Waals surface area contributed by atoms with Gasteiger partial charge in [-0.1, -0.05) is 51.0 Å². The van der Waals surface area contributed by atoms with E-state index in [-0.39, 0.29) is 36.0 Å². The van der Waals surface area contributed by atoms with Gasteiger partial charge >= 0.3 is 23.9 Å². The Morgan fingerprint density at radius 2 is 1.08 bits per heavy atom. The summed E-state index contributed by atoms with van der Waals surface area (Å²) in [6, 6.07) is 0. The molecule has 8 atom stereocenters. The molecule has 258 valence electrons. The van der Waals surface area contributed by atoms with E-state index in [9.17, 15) is 19.2 Å². The Bertz CT molecular complexity index is 1580. The van der Waals surface area contributed by atoms with Crippen LogP contribution < -0.4 is 0 Å². The topological polar surface area (TPSA) is 105 Å². The monoisotopic (exact) mass is 658 g/mol. The fourth-order valence-corrected chi connectivity index (χ4v) is 9.29. The lowest BCUT2D eigenvalue weighted by Crippen LogP contribution is -2.61. The van der Waals surface area contributed by atoms with Crippen LogP contribution in [0.2, 0.25) is 0 Å². The molecule has 0 spiro atoms. The molecule has 2 fully saturated rings. The van der Waals surface area contributed by atoms with Crippen LogP contribution in [0.3, 0.4) is 0 Å². The van der Waals surface area contributed by atoms with Crippen LogP contribution in [0.25, 0.3) is 0 Å². The molecule has 8 nitrogen and oxygen atoms in total. The number of fused-ring (bicyclic) bond motifs is 5. The maximum Gasteiger partial charge on any atom is 0.335 e. The first-order valence-electron chi connectivity index (χ1n) is 17.5. The number of ether oxygens (including phenoxy) is 4. The Morgan fingerprint density at radius 3 is 1.42 bits per heavy atom. The second-order valence-corrected chi connectivity index (χ2v) is 15.5. The molecule has 8 heteroatoms. The van der Waals surface area contributed by atoms with Crippen LogP contribution in [-0.4, -0.2) is 47.3 Å². The standard InChI is InChI=1S/C40H50O8/c1-11-21(3)33(41)45-31-15-13-27-17-39(29(23(5)35(43)47-39)19-37(27,9)25(31)7)40-18-28-14-16-32(46-34(42)22(4)12-2)26(8)38(28,10)20-30(40)24(6)36(44)48-40/h11-12,17-18,25-26,31-32H,13-16,19-20H2,1-10H3/b21-11-,22-12-/t25-,26-,31-,32-,37+,38+,39+,40+/m0/s1. The number of esters is 4. The lowest BCUT2D eigenvalue weighted by molar-refractivity contribution is -0.171. The van der Waals surface area contributed by atoms with E-state index in [1.165, 1.54) is 0 Å². The van der Waals surface area contributed by atoms with Crippen molar-refractivity contribution in [2.24, 2.45) is 22.7 Å². The van der Waals surface area contributed by atoms with E-state index < -0.39 is 34.0 Å². The third-order valence-electron chi connectivity index (χ3n) is 13.3. The second kappa shape index (κ2) is 11.4. The number of carbonyl (C=O) groups is 4. The van der Waals surface area contributed by atoms with Gasteiger partial charge in [-0.2, -0.15) is 0 Å². The van der Waals surface area contributed by atoms with Gasteiger partial charge < -0.3 is 18.9 Å². The number of rotatable bonds is 5. The van der Waals surface area contributed by atoms with E-state index in [1.54, 1.807) is 39.8 Å². The molecule has 0 radical (unpaired) electrons. The van der Waals surface area contributed by atoms with Crippen LogP contribution in [0, 0.1) is 22.7 Å². The zero-order chi connectivity index (χ0) is 35.1. The second-order valence-electron chi connectivity index (χ2n) is 15.5. The average molecular weight is 659 g/mol. The summed E-state index contributed by atoms with van der Waals surface area (Å²) in [6.45, 7) is 19.4. The van der Waals surface area contributed by atoms with Gasteiger partial charge in [-0.25, -0.2) is 19.2 Å². The Balaban J connectivity index is 1.45. The fraction of sp³-hybridized carbons (Fsp3) is 0.600. The molecule has 2 saturated carbocycles. The van der Waals surface area contributed by atoms with Gasteiger partial charge in [0.15, 0.2) is 11.2 Å². The fourth-order valence-electron chi connectivity index (χ4n) is 9.29. The van der Waals surface area contributed by atoms with Gasteiger partial charge in [-0.05, 0) is 114 Å². The molecular formula is C40H50O8. The van der Waals surface area contributed by atoms with Crippen molar-refractivity contribution in [3.63, 3.8) is 0 Å². The third kappa shape index (κ3) is 4.60. The first-order valence-corrected chi connectivity index (χ1v) is 17.5. The van der Waals surface area contributed by atoms with Crippen molar-refractivity contribution in [3.8, 4) is 0 Å². The Morgan fingerprint density at radius 1 is 0.729 bits per heavy atom. The summed E-state index contributed by atoms with van der Waals surface area (Å²) in [6.07, 6.45) is 10.8. The molecule has 6 aliphatic rings. The summed E-state index contributed by atoms with van der Waals surface area (Å²) in [4.78, 5) is 52.9. The summed E-state index contributed by atoms with van der Waals surface area (Å²) in [5.41, 5.74) is 2.66. The molecular weight excluding hydrogens is 608 g/mol. The highest BCUT2D eigenvalue weighted by atomic mass is 16.6.